The number of nitrogens with one attached hydrogen (secondary N) is 1. The molecule has 0 amide bonds. The standard InChI is InChI=1S/C16H13ClFN3O2S/c17-13-4-6-16(7-5-13)24(22,23)20-15-9-19-21(11-15)10-12-2-1-3-14(18)8-12/h1-9,11,20H,10H2. The average Bonchev–Trinajstić information content (AvgIpc) is 2.94. The zero-order valence-electron chi connectivity index (χ0n) is 12.4. The number of anilines is 1. The Hall–Kier alpha value is -2.38. The summed E-state index contributed by atoms with van der Waals surface area (Å²) in [5.74, 6) is -0.330. The van der Waals surface area contributed by atoms with E-state index in [1.165, 1.54) is 47.3 Å². The molecule has 1 heterocycles. The van der Waals surface area contributed by atoms with Crippen molar-refractivity contribution >= 4 is 27.3 Å². The van der Waals surface area contributed by atoms with E-state index in [0.717, 1.165) is 5.56 Å². The molecule has 1 N–H and O–H groups in total. The first kappa shape index (κ1) is 16.5. The maximum Gasteiger partial charge on any atom is 0.261 e. The highest BCUT2D eigenvalue weighted by Crippen LogP contribution is 2.18. The highest BCUT2D eigenvalue weighted by atomic mass is 35.5. The van der Waals surface area contributed by atoms with Gasteiger partial charge in [-0.2, -0.15) is 5.10 Å². The van der Waals surface area contributed by atoms with E-state index < -0.39 is 10.0 Å². The third-order valence-corrected chi connectivity index (χ3v) is 4.89. The highest BCUT2D eigenvalue weighted by Gasteiger charge is 2.15. The summed E-state index contributed by atoms with van der Waals surface area (Å²) in [4.78, 5) is 0.102. The molecule has 3 aromatic rings. The van der Waals surface area contributed by atoms with E-state index in [-0.39, 0.29) is 10.7 Å². The predicted molar refractivity (Wildman–Crippen MR) is 90.0 cm³/mol. The third kappa shape index (κ3) is 3.93. The van der Waals surface area contributed by atoms with Crippen LogP contribution in [0.2, 0.25) is 5.02 Å². The number of halogens is 2. The van der Waals surface area contributed by atoms with Crippen molar-refractivity contribution in [2.75, 3.05) is 4.72 Å². The minimum Gasteiger partial charge on any atom is -0.276 e. The van der Waals surface area contributed by atoms with Crippen molar-refractivity contribution in [2.45, 2.75) is 11.4 Å². The molecule has 124 valence electrons. The molecule has 0 radical (unpaired) electrons. The smallest absolute Gasteiger partial charge is 0.261 e. The molecule has 8 heteroatoms. The first-order valence-corrected chi connectivity index (χ1v) is 8.84. The Labute approximate surface area is 143 Å². The molecule has 24 heavy (non-hydrogen) atoms. The second-order valence-corrected chi connectivity index (χ2v) is 7.23. The topological polar surface area (TPSA) is 64.0 Å². The van der Waals surface area contributed by atoms with E-state index in [9.17, 15) is 12.8 Å². The molecular formula is C16H13ClFN3O2S. The lowest BCUT2D eigenvalue weighted by Crippen LogP contribution is -2.12. The van der Waals surface area contributed by atoms with Gasteiger partial charge in [-0.25, -0.2) is 12.8 Å². The van der Waals surface area contributed by atoms with Gasteiger partial charge < -0.3 is 0 Å². The lowest BCUT2D eigenvalue weighted by atomic mass is 10.2. The quantitative estimate of drug-likeness (QED) is 0.752. The Morgan fingerprint density at radius 1 is 1.17 bits per heavy atom. The van der Waals surface area contributed by atoms with Crippen molar-refractivity contribution in [1.82, 2.24) is 9.78 Å². The molecule has 0 bridgehead atoms. The number of aromatic nitrogens is 2. The Kier molecular flexibility index (Phi) is 4.55. The summed E-state index contributed by atoms with van der Waals surface area (Å²) in [5.41, 5.74) is 1.05. The minimum atomic E-state index is -3.72. The normalized spacial score (nSPS) is 11.4. The lowest BCUT2D eigenvalue weighted by molar-refractivity contribution is 0.601. The van der Waals surface area contributed by atoms with Crippen molar-refractivity contribution in [1.29, 1.82) is 0 Å². The molecule has 2 aromatic carbocycles. The molecule has 0 aliphatic rings. The Morgan fingerprint density at radius 2 is 1.92 bits per heavy atom. The lowest BCUT2D eigenvalue weighted by Gasteiger charge is -2.06. The van der Waals surface area contributed by atoms with Crippen molar-refractivity contribution in [2.24, 2.45) is 0 Å². The number of rotatable bonds is 5. The van der Waals surface area contributed by atoms with Gasteiger partial charge >= 0.3 is 0 Å². The average molecular weight is 366 g/mol. The van der Waals surface area contributed by atoms with Crippen LogP contribution in [0.3, 0.4) is 0 Å². The minimum absolute atomic E-state index is 0.102. The molecule has 0 spiro atoms. The van der Waals surface area contributed by atoms with Gasteiger partial charge in [-0.15, -0.1) is 0 Å². The van der Waals surface area contributed by atoms with Gasteiger partial charge in [0, 0.05) is 11.2 Å². The van der Waals surface area contributed by atoms with Crippen LogP contribution in [0, 0.1) is 5.82 Å². The second-order valence-electron chi connectivity index (χ2n) is 5.12. The number of benzene rings is 2. The SMILES string of the molecule is O=S(=O)(Nc1cnn(Cc2cccc(F)c2)c1)c1ccc(Cl)cc1. The molecule has 0 aliphatic carbocycles. The van der Waals surface area contributed by atoms with Gasteiger partial charge in [-0.05, 0) is 42.0 Å². The van der Waals surface area contributed by atoms with E-state index in [2.05, 4.69) is 9.82 Å². The van der Waals surface area contributed by atoms with Gasteiger partial charge in [-0.1, -0.05) is 23.7 Å². The Morgan fingerprint density at radius 3 is 2.62 bits per heavy atom. The fraction of sp³-hybridized carbons (Fsp3) is 0.0625. The monoisotopic (exact) mass is 365 g/mol. The summed E-state index contributed by atoms with van der Waals surface area (Å²) < 4.78 is 41.7. The molecule has 0 atom stereocenters. The van der Waals surface area contributed by atoms with Gasteiger partial charge in [0.15, 0.2) is 0 Å². The first-order valence-electron chi connectivity index (χ1n) is 6.98. The van der Waals surface area contributed by atoms with Crippen molar-refractivity contribution < 1.29 is 12.8 Å². The summed E-state index contributed by atoms with van der Waals surface area (Å²) in [6.07, 6.45) is 2.94. The molecule has 1 aromatic heterocycles. The highest BCUT2D eigenvalue weighted by molar-refractivity contribution is 7.92. The van der Waals surface area contributed by atoms with Crippen LogP contribution in [-0.2, 0) is 16.6 Å². The molecule has 0 fully saturated rings. The van der Waals surface area contributed by atoms with Crippen LogP contribution in [0.4, 0.5) is 10.1 Å². The van der Waals surface area contributed by atoms with Crippen LogP contribution >= 0.6 is 11.6 Å². The van der Waals surface area contributed by atoms with E-state index in [0.29, 0.717) is 17.3 Å². The predicted octanol–water partition coefficient (Wildman–Crippen LogP) is 3.52. The van der Waals surface area contributed by atoms with Crippen LogP contribution in [0.25, 0.3) is 0 Å². The van der Waals surface area contributed by atoms with Crippen LogP contribution in [0.1, 0.15) is 5.56 Å². The van der Waals surface area contributed by atoms with Crippen LogP contribution in [-0.4, -0.2) is 18.2 Å². The number of nitrogens with zero attached hydrogens (tertiary/aromatic N) is 2. The van der Waals surface area contributed by atoms with Gasteiger partial charge in [0.2, 0.25) is 0 Å². The first-order chi connectivity index (χ1) is 11.4. The number of sulfonamides is 1. The molecule has 5 nitrogen and oxygen atoms in total. The molecule has 0 aliphatic heterocycles. The number of hydrogen-bond donors (Lipinski definition) is 1. The van der Waals surface area contributed by atoms with Crippen molar-refractivity contribution in [3.05, 3.63) is 77.3 Å². The van der Waals surface area contributed by atoms with Crippen molar-refractivity contribution in [3.8, 4) is 0 Å². The molecule has 3 rings (SSSR count). The summed E-state index contributed by atoms with van der Waals surface area (Å²) in [6, 6.07) is 12.0. The summed E-state index contributed by atoms with van der Waals surface area (Å²) in [7, 11) is -3.72. The third-order valence-electron chi connectivity index (χ3n) is 3.24. The summed E-state index contributed by atoms with van der Waals surface area (Å²) in [5, 5.41) is 4.53. The summed E-state index contributed by atoms with van der Waals surface area (Å²) >= 11 is 5.76. The van der Waals surface area contributed by atoms with Crippen molar-refractivity contribution in [3.63, 3.8) is 0 Å². The Balaban J connectivity index is 1.75. The summed E-state index contributed by atoms with van der Waals surface area (Å²) in [6.45, 7) is 0.334. The zero-order valence-corrected chi connectivity index (χ0v) is 13.9. The van der Waals surface area contributed by atoms with Gasteiger partial charge in [-0.3, -0.25) is 9.40 Å². The number of hydrogen-bond acceptors (Lipinski definition) is 3. The Bertz CT molecular complexity index is 955. The van der Waals surface area contributed by atoms with Crippen LogP contribution in [0.5, 0.6) is 0 Å². The molecular weight excluding hydrogens is 353 g/mol. The van der Waals surface area contributed by atoms with E-state index in [4.69, 9.17) is 11.6 Å². The molecule has 0 unspecified atom stereocenters. The van der Waals surface area contributed by atoms with Gasteiger partial charge in [0.1, 0.15) is 5.82 Å². The maximum absolute atomic E-state index is 13.2. The van der Waals surface area contributed by atoms with E-state index in [1.807, 2.05) is 0 Å². The fourth-order valence-corrected chi connectivity index (χ4v) is 3.31. The van der Waals surface area contributed by atoms with E-state index >= 15 is 0 Å². The second kappa shape index (κ2) is 6.62. The molecule has 0 saturated heterocycles. The van der Waals surface area contributed by atoms with Gasteiger partial charge in [0.05, 0.1) is 23.3 Å². The zero-order chi connectivity index (χ0) is 17.2. The molecule has 0 saturated carbocycles. The largest absolute Gasteiger partial charge is 0.276 e. The maximum atomic E-state index is 13.2. The van der Waals surface area contributed by atoms with Crippen LogP contribution < -0.4 is 4.72 Å². The fourth-order valence-electron chi connectivity index (χ4n) is 2.15. The van der Waals surface area contributed by atoms with E-state index in [1.54, 1.807) is 18.3 Å². The van der Waals surface area contributed by atoms with Gasteiger partial charge in [0.25, 0.3) is 10.0 Å². The van der Waals surface area contributed by atoms with Crippen LogP contribution in [0.15, 0.2) is 65.8 Å².